The van der Waals surface area contributed by atoms with Gasteiger partial charge >= 0.3 is 65.1 Å². The predicted octanol–water partition coefficient (Wildman–Crippen LogP) is -5.90. The van der Waals surface area contributed by atoms with Gasteiger partial charge in [0.2, 0.25) is 0 Å². The Bertz CT molecular complexity index is 175. The van der Waals surface area contributed by atoms with Gasteiger partial charge in [0.25, 0.3) is 0 Å². The summed E-state index contributed by atoms with van der Waals surface area (Å²) in [5.41, 5.74) is 8.57. The first-order chi connectivity index (χ1) is 6.23. The minimum absolute atomic E-state index is 0. The number of amides is 2. The van der Waals surface area contributed by atoms with Gasteiger partial charge in [0.05, 0.1) is 10.5 Å². The van der Waals surface area contributed by atoms with Crippen LogP contribution in [0.15, 0.2) is 0 Å². The van der Waals surface area contributed by atoms with Crippen molar-refractivity contribution in [1.82, 2.24) is 0 Å². The monoisotopic (exact) mass is 286 g/mol. The number of carboxylic acid groups (broad SMARTS) is 1. The van der Waals surface area contributed by atoms with Crippen LogP contribution in [-0.4, -0.2) is 21.6 Å². The number of rotatable bonds is 2. The van der Waals surface area contributed by atoms with Gasteiger partial charge in [0.1, 0.15) is 0 Å². The number of hydrogen-bond donors (Lipinski definition) is 3. The molecule has 84 valence electrons. The van der Waals surface area contributed by atoms with Crippen LogP contribution in [0, 0.1) is 0 Å². The van der Waals surface area contributed by atoms with Crippen LogP contribution in [0.4, 0.5) is 9.59 Å². The molecule has 0 aromatic heterocycles. The zero-order valence-electron chi connectivity index (χ0n) is 9.56. The maximum absolute atomic E-state index is 9.60. The maximum atomic E-state index is 9.60. The van der Waals surface area contributed by atoms with Gasteiger partial charge in [-0.1, -0.05) is 6.92 Å². The molecular weight excluding hydrogens is 274 g/mol. The van der Waals surface area contributed by atoms with Gasteiger partial charge in [0.15, 0.2) is 0 Å². The first-order valence-electron chi connectivity index (χ1n) is 3.38. The molecule has 0 aromatic rings. The molecular formula is C6H12N2Na2O4S2. The van der Waals surface area contributed by atoms with Crippen LogP contribution >= 0.6 is 0 Å². The van der Waals surface area contributed by atoms with Gasteiger partial charge in [-0.25, -0.2) is 0 Å². The Balaban J connectivity index is -0.0000000367. The Kier molecular flexibility index (Phi) is 46.9. The van der Waals surface area contributed by atoms with E-state index < -0.39 is 16.4 Å². The van der Waals surface area contributed by atoms with Crippen LogP contribution in [0.1, 0.15) is 19.8 Å². The van der Waals surface area contributed by atoms with Crippen LogP contribution < -0.4 is 70.6 Å². The van der Waals surface area contributed by atoms with Gasteiger partial charge in [-0.2, -0.15) is 0 Å². The van der Waals surface area contributed by atoms with Crippen molar-refractivity contribution in [2.45, 2.75) is 19.8 Å². The summed E-state index contributed by atoms with van der Waals surface area (Å²) >= 11 is 7.52. The van der Waals surface area contributed by atoms with Crippen molar-refractivity contribution in [3.05, 3.63) is 0 Å². The van der Waals surface area contributed by atoms with E-state index in [1.165, 1.54) is 0 Å². The number of carbonyl (C=O) groups is 3. The minimum Gasteiger partial charge on any atom is -0.719 e. The van der Waals surface area contributed by atoms with E-state index in [-0.39, 0.29) is 59.1 Å². The first kappa shape index (κ1) is 30.1. The van der Waals surface area contributed by atoms with Crippen molar-refractivity contribution in [2.75, 3.05) is 0 Å². The average molecular weight is 286 g/mol. The molecule has 0 fully saturated rings. The molecule has 0 radical (unpaired) electrons. The van der Waals surface area contributed by atoms with Crippen LogP contribution in [0.2, 0.25) is 0 Å². The summed E-state index contributed by atoms with van der Waals surface area (Å²) in [7, 11) is 0. The molecule has 0 spiro atoms. The fourth-order valence-corrected chi connectivity index (χ4v) is 0.214. The molecule has 0 saturated heterocycles. The molecule has 2 amide bonds. The number of carbonyl (C=O) groups excluding carboxylic acids is 2. The Morgan fingerprint density at radius 1 is 1.06 bits per heavy atom. The zero-order valence-corrected chi connectivity index (χ0v) is 15.2. The van der Waals surface area contributed by atoms with Crippen LogP contribution in [0.25, 0.3) is 0 Å². The summed E-state index contributed by atoms with van der Waals surface area (Å²) in [5, 5.41) is 6.41. The van der Waals surface area contributed by atoms with Crippen molar-refractivity contribution >= 4 is 41.7 Å². The fourth-order valence-electron chi connectivity index (χ4n) is 0.214. The number of aliphatic carboxylic acids is 1. The second-order valence-electron chi connectivity index (χ2n) is 1.78. The average Bonchev–Trinajstić information content (AvgIpc) is 1.82. The molecule has 0 saturated carbocycles. The molecule has 10 heteroatoms. The quantitative estimate of drug-likeness (QED) is 0.343. The first-order valence-corrected chi connectivity index (χ1v) is 4.20. The van der Waals surface area contributed by atoms with Crippen LogP contribution in [0.3, 0.4) is 0 Å². The van der Waals surface area contributed by atoms with Crippen LogP contribution in [0.5, 0.6) is 0 Å². The maximum Gasteiger partial charge on any atom is 1.00 e. The molecule has 6 nitrogen and oxygen atoms in total. The summed E-state index contributed by atoms with van der Waals surface area (Å²) in [4.78, 5) is 27.7. The van der Waals surface area contributed by atoms with Crippen molar-refractivity contribution in [2.24, 2.45) is 11.5 Å². The number of nitrogens with two attached hydrogens (primary N) is 2. The third-order valence-corrected chi connectivity index (χ3v) is 0.464. The van der Waals surface area contributed by atoms with E-state index >= 15 is 0 Å². The number of primary amides is 2. The molecule has 0 aromatic carbocycles. The number of hydrogen-bond acceptors (Lipinski definition) is 5. The Morgan fingerprint density at radius 2 is 1.25 bits per heavy atom. The Labute approximate surface area is 150 Å². The molecule has 0 unspecified atom stereocenters. The third kappa shape index (κ3) is 192. The molecule has 16 heavy (non-hydrogen) atoms. The molecule has 5 N–H and O–H groups in total. The molecule has 0 aliphatic rings. The molecule has 0 aliphatic carbocycles. The summed E-state index contributed by atoms with van der Waals surface area (Å²) in [6.07, 6.45) is 1.02. The van der Waals surface area contributed by atoms with Gasteiger partial charge in [-0.3, -0.25) is 4.79 Å². The van der Waals surface area contributed by atoms with Crippen molar-refractivity contribution < 1.29 is 78.6 Å². The second-order valence-corrected chi connectivity index (χ2v) is 2.59. The molecule has 0 heterocycles. The van der Waals surface area contributed by atoms with E-state index in [2.05, 4.69) is 36.7 Å². The van der Waals surface area contributed by atoms with E-state index in [0.29, 0.717) is 6.42 Å². The topological polar surface area (TPSA) is 123 Å². The normalized spacial score (nSPS) is 6.06. The second kappa shape index (κ2) is 24.9. The summed E-state index contributed by atoms with van der Waals surface area (Å²) in [5.74, 6) is -0.711. The summed E-state index contributed by atoms with van der Waals surface area (Å²) in [6, 6.07) is 0. The fraction of sp³-hybridized carbons (Fsp3) is 0.500. The van der Waals surface area contributed by atoms with Crippen molar-refractivity contribution in [1.29, 1.82) is 0 Å². The summed E-state index contributed by atoms with van der Waals surface area (Å²) < 4.78 is 0. The van der Waals surface area contributed by atoms with E-state index in [9.17, 15) is 4.79 Å². The predicted molar refractivity (Wildman–Crippen MR) is 56.4 cm³/mol. The van der Waals surface area contributed by atoms with Gasteiger partial charge in [-0.15, -0.1) is 0 Å². The third-order valence-electron chi connectivity index (χ3n) is 0.464. The smallest absolute Gasteiger partial charge is 0.719 e. The Morgan fingerprint density at radius 3 is 1.25 bits per heavy atom. The summed E-state index contributed by atoms with van der Waals surface area (Å²) in [6.45, 7) is 1.84. The van der Waals surface area contributed by atoms with Crippen molar-refractivity contribution in [3.63, 3.8) is 0 Å². The largest absolute Gasteiger partial charge is 1.00 e. The molecule has 0 bridgehead atoms. The molecule has 0 rings (SSSR count). The van der Waals surface area contributed by atoms with Crippen molar-refractivity contribution in [3.8, 4) is 0 Å². The van der Waals surface area contributed by atoms with E-state index in [4.69, 9.17) is 14.7 Å². The zero-order chi connectivity index (χ0) is 12.1. The minimum atomic E-state index is -0.750. The Hall–Kier alpha value is 0.850. The standard InChI is InChI=1S/C4H8O2.2CH3NOS.2Na/c1-2-3-4(5)6;2*2-1(3)4;;/h2-3H2,1H3,(H,5,6);2*(H3,2,3,4);;/q;;;2*+1/p-2. The van der Waals surface area contributed by atoms with E-state index in [1.807, 2.05) is 6.92 Å². The van der Waals surface area contributed by atoms with Gasteiger partial charge in [0, 0.05) is 6.42 Å². The SMILES string of the molecule is CCCC(=O)O.NC(=O)[S-].NC(=O)[S-].[Na+].[Na+]. The van der Waals surface area contributed by atoms with E-state index in [0.717, 1.165) is 6.42 Å². The van der Waals surface area contributed by atoms with E-state index in [1.54, 1.807) is 0 Å². The van der Waals surface area contributed by atoms with Gasteiger partial charge < -0.3 is 51.4 Å². The molecule has 0 aliphatic heterocycles. The van der Waals surface area contributed by atoms with Crippen LogP contribution in [-0.2, 0) is 30.1 Å². The number of carboxylic acids is 1. The van der Waals surface area contributed by atoms with Gasteiger partial charge in [-0.05, 0) is 6.42 Å². The molecule has 0 atom stereocenters.